The van der Waals surface area contributed by atoms with Gasteiger partial charge in [-0.3, -0.25) is 4.79 Å². The van der Waals surface area contributed by atoms with Gasteiger partial charge in [0.05, 0.1) is 23.6 Å². The van der Waals surface area contributed by atoms with Gasteiger partial charge < -0.3 is 9.84 Å². The van der Waals surface area contributed by atoms with Gasteiger partial charge in [-0.25, -0.2) is 4.79 Å². The number of halogens is 2. The van der Waals surface area contributed by atoms with Crippen molar-refractivity contribution in [2.24, 2.45) is 0 Å². The van der Waals surface area contributed by atoms with Gasteiger partial charge >= 0.3 is 11.9 Å². The Morgan fingerprint density at radius 3 is 2.63 bits per heavy atom. The molecule has 0 spiro atoms. The molecule has 0 aliphatic carbocycles. The Hall–Kier alpha value is -1.07. The van der Waals surface area contributed by atoms with E-state index in [9.17, 15) is 9.59 Å². The number of aromatic carboxylic acids is 1. The van der Waals surface area contributed by atoms with Gasteiger partial charge in [-0.15, -0.1) is 0 Å². The fourth-order valence-electron chi connectivity index (χ4n) is 1.70. The molecule has 4 nitrogen and oxygen atoms in total. The van der Waals surface area contributed by atoms with Crippen LogP contribution in [0, 0.1) is 0 Å². The van der Waals surface area contributed by atoms with Crippen LogP contribution in [0.1, 0.15) is 42.1 Å². The number of carbonyl (C=O) groups excluding carboxylic acids is 1. The summed E-state index contributed by atoms with van der Waals surface area (Å²) in [6, 6.07) is 3.16. The maximum Gasteiger partial charge on any atom is 0.337 e. The van der Waals surface area contributed by atoms with Gasteiger partial charge in [-0.1, -0.05) is 34.5 Å². The van der Waals surface area contributed by atoms with Gasteiger partial charge in [0.2, 0.25) is 0 Å². The third-order valence-corrected chi connectivity index (χ3v) is 3.48. The van der Waals surface area contributed by atoms with Crippen LogP contribution in [-0.2, 0) is 9.53 Å². The summed E-state index contributed by atoms with van der Waals surface area (Å²) in [7, 11) is 0. The number of esters is 1. The Morgan fingerprint density at radius 2 is 2.11 bits per heavy atom. The third kappa shape index (κ3) is 4.21. The second kappa shape index (κ2) is 6.91. The van der Waals surface area contributed by atoms with Crippen LogP contribution in [-0.4, -0.2) is 23.7 Å². The van der Waals surface area contributed by atoms with E-state index >= 15 is 0 Å². The minimum absolute atomic E-state index is 0.0155. The van der Waals surface area contributed by atoms with Gasteiger partial charge in [0.1, 0.15) is 0 Å². The van der Waals surface area contributed by atoms with Gasteiger partial charge in [-0.2, -0.15) is 0 Å². The molecule has 0 aromatic heterocycles. The van der Waals surface area contributed by atoms with Gasteiger partial charge in [-0.05, 0) is 30.5 Å². The topological polar surface area (TPSA) is 63.6 Å². The summed E-state index contributed by atoms with van der Waals surface area (Å²) in [6.45, 7) is 3.85. The highest BCUT2D eigenvalue weighted by Crippen LogP contribution is 2.33. The van der Waals surface area contributed by atoms with Crippen molar-refractivity contribution >= 4 is 39.5 Å². The van der Waals surface area contributed by atoms with Crippen LogP contribution in [0.25, 0.3) is 0 Å². The monoisotopic (exact) mass is 348 g/mol. The lowest BCUT2D eigenvalue weighted by molar-refractivity contribution is -0.143. The molecule has 0 bridgehead atoms. The maximum absolute atomic E-state index is 11.4. The van der Waals surface area contributed by atoms with Crippen molar-refractivity contribution in [2.45, 2.75) is 26.2 Å². The Morgan fingerprint density at radius 1 is 1.47 bits per heavy atom. The number of benzene rings is 1. The Labute approximate surface area is 124 Å². The van der Waals surface area contributed by atoms with Crippen molar-refractivity contribution < 1.29 is 19.4 Å². The van der Waals surface area contributed by atoms with E-state index in [1.54, 1.807) is 19.9 Å². The summed E-state index contributed by atoms with van der Waals surface area (Å²) in [4.78, 5) is 22.5. The number of hydrogen-bond donors (Lipinski definition) is 1. The molecule has 0 saturated heterocycles. The molecule has 1 rings (SSSR count). The molecule has 104 valence electrons. The smallest absolute Gasteiger partial charge is 0.337 e. The number of carboxylic acid groups (broad SMARTS) is 1. The molecule has 0 saturated carbocycles. The Bertz CT molecular complexity index is 502. The highest BCUT2D eigenvalue weighted by atomic mass is 79.9. The van der Waals surface area contributed by atoms with Crippen molar-refractivity contribution in [3.05, 3.63) is 32.8 Å². The first-order valence-electron chi connectivity index (χ1n) is 5.74. The summed E-state index contributed by atoms with van der Waals surface area (Å²) in [6.07, 6.45) is 0.156. The van der Waals surface area contributed by atoms with Crippen LogP contribution >= 0.6 is 27.5 Å². The minimum atomic E-state index is -1.10. The molecule has 1 aromatic rings. The Balaban J connectivity index is 3.06. The summed E-state index contributed by atoms with van der Waals surface area (Å²) in [5.74, 6) is -1.65. The van der Waals surface area contributed by atoms with Gasteiger partial charge in [0, 0.05) is 4.47 Å². The summed E-state index contributed by atoms with van der Waals surface area (Å²) in [5.41, 5.74) is 0.628. The van der Waals surface area contributed by atoms with Crippen molar-refractivity contribution in [1.82, 2.24) is 0 Å². The molecule has 6 heteroatoms. The van der Waals surface area contributed by atoms with Crippen molar-refractivity contribution in [2.75, 3.05) is 6.61 Å². The second-order valence-corrected chi connectivity index (χ2v) is 5.37. The second-order valence-electron chi connectivity index (χ2n) is 4.07. The molecule has 1 atom stereocenters. The Kier molecular flexibility index (Phi) is 5.82. The average molecular weight is 350 g/mol. The molecule has 0 aliphatic heterocycles. The van der Waals surface area contributed by atoms with E-state index in [-0.39, 0.29) is 28.9 Å². The molecule has 1 N–H and O–H groups in total. The third-order valence-electron chi connectivity index (χ3n) is 2.61. The highest BCUT2D eigenvalue weighted by Gasteiger charge is 2.20. The minimum Gasteiger partial charge on any atom is -0.478 e. The first-order valence-corrected chi connectivity index (χ1v) is 6.91. The molecule has 0 unspecified atom stereocenters. The molecule has 0 amide bonds. The number of hydrogen-bond acceptors (Lipinski definition) is 3. The van der Waals surface area contributed by atoms with Crippen LogP contribution in [0.3, 0.4) is 0 Å². The SMILES string of the molecule is CCOC(=O)C[C@H](C)c1cc(Br)cc(C(=O)O)c1Cl. The zero-order chi connectivity index (χ0) is 14.6. The van der Waals surface area contributed by atoms with E-state index < -0.39 is 5.97 Å². The predicted octanol–water partition coefficient (Wildman–Crippen LogP) is 3.86. The van der Waals surface area contributed by atoms with Crippen molar-refractivity contribution in [3.63, 3.8) is 0 Å². The lowest BCUT2D eigenvalue weighted by atomic mass is 9.96. The average Bonchev–Trinajstić information content (AvgIpc) is 2.31. The first-order chi connectivity index (χ1) is 8.86. The molecule has 0 heterocycles. The largest absolute Gasteiger partial charge is 0.478 e. The van der Waals surface area contributed by atoms with E-state index in [0.29, 0.717) is 16.6 Å². The quantitative estimate of drug-likeness (QED) is 0.820. The molecule has 0 aliphatic rings. The van der Waals surface area contributed by atoms with Gasteiger partial charge in [0.15, 0.2) is 0 Å². The molecule has 0 fully saturated rings. The highest BCUT2D eigenvalue weighted by molar-refractivity contribution is 9.10. The number of ether oxygens (including phenoxy) is 1. The lowest BCUT2D eigenvalue weighted by Crippen LogP contribution is -2.10. The van der Waals surface area contributed by atoms with E-state index in [0.717, 1.165) is 0 Å². The summed E-state index contributed by atoms with van der Waals surface area (Å²) in [5, 5.41) is 9.23. The molecule has 1 aromatic carbocycles. The first kappa shape index (κ1) is 16.0. The molecular formula is C13H14BrClO4. The fourth-order valence-corrected chi connectivity index (χ4v) is 2.56. The van der Waals surface area contributed by atoms with Crippen LogP contribution < -0.4 is 0 Å². The summed E-state index contributed by atoms with van der Waals surface area (Å²) >= 11 is 9.32. The van der Waals surface area contributed by atoms with E-state index in [2.05, 4.69) is 15.9 Å². The fraction of sp³-hybridized carbons (Fsp3) is 0.385. The normalized spacial score (nSPS) is 12.0. The molecule has 0 radical (unpaired) electrons. The molecular weight excluding hydrogens is 335 g/mol. The van der Waals surface area contributed by atoms with Crippen molar-refractivity contribution in [3.8, 4) is 0 Å². The van der Waals surface area contributed by atoms with Crippen LogP contribution in [0.4, 0.5) is 0 Å². The zero-order valence-electron chi connectivity index (χ0n) is 10.6. The summed E-state index contributed by atoms with van der Waals surface area (Å²) < 4.78 is 5.48. The number of carboxylic acids is 1. The van der Waals surface area contributed by atoms with Crippen LogP contribution in [0.2, 0.25) is 5.02 Å². The lowest BCUT2D eigenvalue weighted by Gasteiger charge is -2.15. The van der Waals surface area contributed by atoms with E-state index in [1.807, 2.05) is 0 Å². The standard InChI is InChI=1S/C13H14BrClO4/c1-3-19-11(16)4-7(2)9-5-8(14)6-10(12(9)15)13(17)18/h5-7H,3-4H2,1-2H3,(H,17,18)/t7-/m0/s1. The maximum atomic E-state index is 11.4. The predicted molar refractivity (Wildman–Crippen MR) is 75.8 cm³/mol. The van der Waals surface area contributed by atoms with Crippen LogP contribution in [0.15, 0.2) is 16.6 Å². The van der Waals surface area contributed by atoms with Crippen LogP contribution in [0.5, 0.6) is 0 Å². The number of carbonyl (C=O) groups is 2. The van der Waals surface area contributed by atoms with Gasteiger partial charge in [0.25, 0.3) is 0 Å². The number of rotatable bonds is 5. The van der Waals surface area contributed by atoms with E-state index in [1.165, 1.54) is 6.07 Å². The molecule has 19 heavy (non-hydrogen) atoms. The van der Waals surface area contributed by atoms with E-state index in [4.69, 9.17) is 21.4 Å². The van der Waals surface area contributed by atoms with Crippen molar-refractivity contribution in [1.29, 1.82) is 0 Å². The zero-order valence-corrected chi connectivity index (χ0v) is 12.9.